The van der Waals surface area contributed by atoms with Gasteiger partial charge in [0.2, 0.25) is 0 Å². The number of hydrogen-bond acceptors (Lipinski definition) is 4. The normalized spacial score (nSPS) is 10.0. The van der Waals surface area contributed by atoms with Crippen molar-refractivity contribution in [3.05, 3.63) is 30.2 Å². The Balaban J connectivity index is 2.55. The second-order valence-electron chi connectivity index (χ2n) is 2.33. The third-order valence-corrected chi connectivity index (χ3v) is 2.36. The first kappa shape index (κ1) is 7.24. The molecule has 0 aromatic carbocycles. The summed E-state index contributed by atoms with van der Waals surface area (Å²) in [5.74, 6) is 0. The Morgan fingerprint density at radius 3 is 2.83 bits per heavy atom. The number of thiazole rings is 1. The van der Waals surface area contributed by atoms with E-state index in [-0.39, 0.29) is 0 Å². The van der Waals surface area contributed by atoms with Crippen molar-refractivity contribution in [1.82, 2.24) is 9.97 Å². The molecule has 0 aliphatic heterocycles. The van der Waals surface area contributed by atoms with E-state index in [0.717, 1.165) is 16.1 Å². The average Bonchev–Trinajstić information content (AvgIpc) is 2.57. The number of hydrogen-bond donors (Lipinski definition) is 1. The molecule has 0 radical (unpaired) electrons. The maximum atomic E-state index is 5.75. The van der Waals surface area contributed by atoms with Crippen LogP contribution in [0.2, 0.25) is 0 Å². The standard InChI is InChI=1S/C8H7N3S/c9-7-1-2-10-3-6(7)8-4-11-5-12-8/h1-5H,(H2,9,10). The van der Waals surface area contributed by atoms with Gasteiger partial charge >= 0.3 is 0 Å². The Morgan fingerprint density at radius 2 is 2.17 bits per heavy atom. The lowest BCUT2D eigenvalue weighted by Crippen LogP contribution is -1.88. The van der Waals surface area contributed by atoms with Crippen molar-refractivity contribution in [2.75, 3.05) is 5.73 Å². The summed E-state index contributed by atoms with van der Waals surface area (Å²) in [7, 11) is 0. The van der Waals surface area contributed by atoms with E-state index >= 15 is 0 Å². The van der Waals surface area contributed by atoms with Gasteiger partial charge in [0.1, 0.15) is 0 Å². The second-order valence-corrected chi connectivity index (χ2v) is 3.21. The summed E-state index contributed by atoms with van der Waals surface area (Å²) in [4.78, 5) is 9.03. The minimum atomic E-state index is 0.745. The molecule has 0 fully saturated rings. The number of nitrogen functional groups attached to an aromatic ring is 1. The van der Waals surface area contributed by atoms with Gasteiger partial charge in [0, 0.05) is 29.8 Å². The van der Waals surface area contributed by atoms with Crippen LogP contribution < -0.4 is 5.73 Å². The summed E-state index contributed by atoms with van der Waals surface area (Å²) < 4.78 is 0. The van der Waals surface area contributed by atoms with Gasteiger partial charge in [0.05, 0.1) is 10.4 Å². The van der Waals surface area contributed by atoms with Crippen LogP contribution in [-0.2, 0) is 0 Å². The highest BCUT2D eigenvalue weighted by Crippen LogP contribution is 2.26. The van der Waals surface area contributed by atoms with E-state index in [9.17, 15) is 0 Å². The molecule has 0 amide bonds. The summed E-state index contributed by atoms with van der Waals surface area (Å²) in [5, 5.41) is 0. The van der Waals surface area contributed by atoms with Crippen LogP contribution in [0.5, 0.6) is 0 Å². The molecule has 4 heteroatoms. The molecule has 0 aliphatic carbocycles. The minimum absolute atomic E-state index is 0.745. The number of anilines is 1. The van der Waals surface area contributed by atoms with Crippen LogP contribution in [-0.4, -0.2) is 9.97 Å². The van der Waals surface area contributed by atoms with Crippen molar-refractivity contribution in [2.24, 2.45) is 0 Å². The summed E-state index contributed by atoms with van der Waals surface area (Å²) in [6.45, 7) is 0. The van der Waals surface area contributed by atoms with Crippen LogP contribution in [0.3, 0.4) is 0 Å². The molecule has 60 valence electrons. The predicted molar refractivity (Wildman–Crippen MR) is 49.8 cm³/mol. The zero-order valence-corrected chi connectivity index (χ0v) is 7.08. The molecule has 0 saturated heterocycles. The van der Waals surface area contributed by atoms with Crippen molar-refractivity contribution < 1.29 is 0 Å². The Kier molecular flexibility index (Phi) is 1.75. The number of pyridine rings is 1. The van der Waals surface area contributed by atoms with Crippen LogP contribution >= 0.6 is 11.3 Å². The van der Waals surface area contributed by atoms with Crippen molar-refractivity contribution in [1.29, 1.82) is 0 Å². The largest absolute Gasteiger partial charge is 0.398 e. The topological polar surface area (TPSA) is 51.8 Å². The number of rotatable bonds is 1. The van der Waals surface area contributed by atoms with Crippen LogP contribution in [0.25, 0.3) is 10.4 Å². The van der Waals surface area contributed by atoms with E-state index in [0.29, 0.717) is 0 Å². The maximum absolute atomic E-state index is 5.75. The number of nitrogens with two attached hydrogens (primary N) is 1. The van der Waals surface area contributed by atoms with Gasteiger partial charge in [-0.05, 0) is 6.07 Å². The Bertz CT molecular complexity index is 370. The van der Waals surface area contributed by atoms with Crippen LogP contribution in [0.15, 0.2) is 30.2 Å². The van der Waals surface area contributed by atoms with Crippen molar-refractivity contribution >= 4 is 17.0 Å². The predicted octanol–water partition coefficient (Wildman–Crippen LogP) is 1.79. The van der Waals surface area contributed by atoms with E-state index in [1.54, 1.807) is 41.5 Å². The molecule has 2 rings (SSSR count). The van der Waals surface area contributed by atoms with Gasteiger partial charge in [0.15, 0.2) is 0 Å². The van der Waals surface area contributed by atoms with Gasteiger partial charge < -0.3 is 5.73 Å². The number of aromatic nitrogens is 2. The smallest absolute Gasteiger partial charge is 0.0798 e. The van der Waals surface area contributed by atoms with Crippen LogP contribution in [0, 0.1) is 0 Å². The first-order valence-electron chi connectivity index (χ1n) is 3.46. The molecule has 2 aromatic heterocycles. The van der Waals surface area contributed by atoms with Crippen molar-refractivity contribution in [3.63, 3.8) is 0 Å². The molecule has 2 N–H and O–H groups in total. The Morgan fingerprint density at radius 1 is 1.25 bits per heavy atom. The zero-order chi connectivity index (χ0) is 8.39. The molecular weight excluding hydrogens is 170 g/mol. The lowest BCUT2D eigenvalue weighted by atomic mass is 10.2. The molecule has 2 heterocycles. The zero-order valence-electron chi connectivity index (χ0n) is 6.27. The van der Waals surface area contributed by atoms with E-state index in [1.807, 2.05) is 0 Å². The summed E-state index contributed by atoms with van der Waals surface area (Å²) in [5.41, 5.74) is 9.23. The van der Waals surface area contributed by atoms with Gasteiger partial charge in [-0.15, -0.1) is 11.3 Å². The minimum Gasteiger partial charge on any atom is -0.398 e. The van der Waals surface area contributed by atoms with Crippen LogP contribution in [0.1, 0.15) is 0 Å². The van der Waals surface area contributed by atoms with E-state index < -0.39 is 0 Å². The lowest BCUT2D eigenvalue weighted by Gasteiger charge is -1.98. The van der Waals surface area contributed by atoms with Gasteiger partial charge in [-0.3, -0.25) is 9.97 Å². The second kappa shape index (κ2) is 2.91. The molecule has 0 aliphatic rings. The van der Waals surface area contributed by atoms with Gasteiger partial charge in [-0.25, -0.2) is 0 Å². The molecule has 0 unspecified atom stereocenters. The SMILES string of the molecule is Nc1ccncc1-c1cncs1. The third-order valence-electron chi connectivity index (χ3n) is 1.55. The van der Waals surface area contributed by atoms with Crippen molar-refractivity contribution in [2.45, 2.75) is 0 Å². The van der Waals surface area contributed by atoms with Gasteiger partial charge in [-0.1, -0.05) is 0 Å². The van der Waals surface area contributed by atoms with Crippen molar-refractivity contribution in [3.8, 4) is 10.4 Å². The fourth-order valence-electron chi connectivity index (χ4n) is 0.960. The molecule has 0 spiro atoms. The fraction of sp³-hybridized carbons (Fsp3) is 0. The van der Waals surface area contributed by atoms with Gasteiger partial charge in [0.25, 0.3) is 0 Å². The Hall–Kier alpha value is -1.42. The Labute approximate surface area is 73.9 Å². The lowest BCUT2D eigenvalue weighted by molar-refractivity contribution is 1.33. The maximum Gasteiger partial charge on any atom is 0.0798 e. The van der Waals surface area contributed by atoms with Crippen LogP contribution in [0.4, 0.5) is 5.69 Å². The average molecular weight is 177 g/mol. The molecular formula is C8H7N3S. The molecule has 0 saturated carbocycles. The highest BCUT2D eigenvalue weighted by Gasteiger charge is 2.02. The van der Waals surface area contributed by atoms with E-state index in [1.165, 1.54) is 0 Å². The highest BCUT2D eigenvalue weighted by molar-refractivity contribution is 7.13. The quantitative estimate of drug-likeness (QED) is 0.722. The first-order chi connectivity index (χ1) is 5.88. The molecule has 0 atom stereocenters. The third kappa shape index (κ3) is 1.16. The molecule has 12 heavy (non-hydrogen) atoms. The van der Waals surface area contributed by atoms with E-state index in [2.05, 4.69) is 9.97 Å². The first-order valence-corrected chi connectivity index (χ1v) is 4.34. The molecule has 2 aromatic rings. The summed E-state index contributed by atoms with van der Waals surface area (Å²) in [6.07, 6.45) is 5.22. The monoisotopic (exact) mass is 177 g/mol. The summed E-state index contributed by atoms with van der Waals surface area (Å²) in [6, 6.07) is 1.79. The van der Waals surface area contributed by atoms with E-state index in [4.69, 9.17) is 5.73 Å². The molecule has 3 nitrogen and oxygen atoms in total. The molecule has 0 bridgehead atoms. The van der Waals surface area contributed by atoms with Gasteiger partial charge in [-0.2, -0.15) is 0 Å². The highest BCUT2D eigenvalue weighted by atomic mass is 32.1. The summed E-state index contributed by atoms with van der Waals surface area (Å²) >= 11 is 1.56. The number of nitrogens with zero attached hydrogens (tertiary/aromatic N) is 2. The fourth-order valence-corrected chi connectivity index (χ4v) is 1.61.